The number of sulfonamides is 1. The zero-order chi connectivity index (χ0) is 20.9. The van der Waals surface area contributed by atoms with Gasteiger partial charge in [0, 0.05) is 24.2 Å². The molecule has 7 nitrogen and oxygen atoms in total. The van der Waals surface area contributed by atoms with Crippen LogP contribution in [0.25, 0.3) is 10.9 Å². The third-order valence-corrected chi connectivity index (χ3v) is 4.82. The van der Waals surface area contributed by atoms with Crippen molar-refractivity contribution in [2.75, 3.05) is 31.2 Å². The first-order chi connectivity index (χ1) is 13.8. The number of likely N-dealkylation sites (N-methyl/N-ethyl adjacent to an activating group) is 1. The molecule has 2 N–H and O–H groups in total. The Bertz CT molecular complexity index is 1050. The highest BCUT2D eigenvalue weighted by molar-refractivity contribution is 7.92. The zero-order valence-electron chi connectivity index (χ0n) is 16.4. The third-order valence-electron chi connectivity index (χ3n) is 4.21. The second-order valence-corrected chi connectivity index (χ2v) is 8.80. The number of anilines is 1. The van der Waals surface area contributed by atoms with Gasteiger partial charge in [0.15, 0.2) is 0 Å². The number of fused-ring (bicyclic) bond motifs is 1. The Labute approximate surface area is 171 Å². The van der Waals surface area contributed by atoms with E-state index in [1.165, 1.54) is 0 Å². The molecule has 0 radical (unpaired) electrons. The Hall–Kier alpha value is -2.68. The van der Waals surface area contributed by atoms with Gasteiger partial charge in [0.2, 0.25) is 10.0 Å². The number of hydrogen-bond donors (Lipinski definition) is 2. The molecule has 0 unspecified atom stereocenters. The summed E-state index contributed by atoms with van der Waals surface area (Å²) in [6.07, 6.45) is 0.423. The number of nitrogens with zero attached hydrogens (tertiary/aromatic N) is 2. The quantitative estimate of drug-likeness (QED) is 0.558. The molecule has 0 aliphatic rings. The minimum Gasteiger partial charge on any atom is -0.491 e. The fraction of sp³-hybridized carbons (Fsp3) is 0.286. The van der Waals surface area contributed by atoms with Gasteiger partial charge < -0.3 is 9.84 Å². The maximum absolute atomic E-state index is 11.2. The number of nitrogens with one attached hydrogen (secondary N) is 1. The van der Waals surface area contributed by atoms with E-state index in [1.807, 2.05) is 48.3 Å². The molecule has 0 amide bonds. The lowest BCUT2D eigenvalue weighted by molar-refractivity contribution is 0.0741. The topological polar surface area (TPSA) is 91.8 Å². The van der Waals surface area contributed by atoms with E-state index < -0.39 is 16.1 Å². The van der Waals surface area contributed by atoms with E-state index >= 15 is 0 Å². The molecular weight excluding hydrogens is 390 g/mol. The summed E-state index contributed by atoms with van der Waals surface area (Å²) in [7, 11) is -1.39. The van der Waals surface area contributed by atoms with Gasteiger partial charge in [-0.25, -0.2) is 8.42 Å². The first-order valence-corrected chi connectivity index (χ1v) is 11.1. The summed E-state index contributed by atoms with van der Waals surface area (Å²) in [6.45, 7) is 1.18. The van der Waals surface area contributed by atoms with E-state index in [-0.39, 0.29) is 6.61 Å². The van der Waals surface area contributed by atoms with E-state index in [2.05, 4.69) is 9.71 Å². The number of pyridine rings is 1. The second-order valence-electron chi connectivity index (χ2n) is 7.06. The largest absolute Gasteiger partial charge is 0.491 e. The van der Waals surface area contributed by atoms with Gasteiger partial charge in [0.05, 0.1) is 17.5 Å². The lowest BCUT2D eigenvalue weighted by Gasteiger charge is -2.20. The smallest absolute Gasteiger partial charge is 0.229 e. The lowest BCUT2D eigenvalue weighted by atomic mass is 10.2. The highest BCUT2D eigenvalue weighted by Crippen LogP contribution is 2.17. The molecule has 29 heavy (non-hydrogen) atoms. The number of aromatic nitrogens is 1. The monoisotopic (exact) mass is 415 g/mol. The number of hydrogen-bond acceptors (Lipinski definition) is 6. The fourth-order valence-electron chi connectivity index (χ4n) is 2.98. The Balaban J connectivity index is 1.47. The third kappa shape index (κ3) is 6.70. The van der Waals surface area contributed by atoms with Crippen molar-refractivity contribution in [3.8, 4) is 5.75 Å². The summed E-state index contributed by atoms with van der Waals surface area (Å²) in [5.41, 5.74) is 2.35. The van der Waals surface area contributed by atoms with Crippen molar-refractivity contribution in [3.05, 3.63) is 66.4 Å². The van der Waals surface area contributed by atoms with Crippen LogP contribution in [0.2, 0.25) is 0 Å². The predicted octanol–water partition coefficient (Wildman–Crippen LogP) is 2.48. The summed E-state index contributed by atoms with van der Waals surface area (Å²) in [6, 6.07) is 18.5. The van der Waals surface area contributed by atoms with Gasteiger partial charge in [0.25, 0.3) is 0 Å². The Morgan fingerprint density at radius 1 is 1.10 bits per heavy atom. The molecule has 0 spiro atoms. The van der Waals surface area contributed by atoms with Crippen LogP contribution in [0.15, 0.2) is 60.7 Å². The van der Waals surface area contributed by atoms with Crippen LogP contribution < -0.4 is 9.46 Å². The molecule has 0 aliphatic carbocycles. The zero-order valence-corrected chi connectivity index (χ0v) is 17.3. The maximum atomic E-state index is 11.2. The second kappa shape index (κ2) is 9.21. The van der Waals surface area contributed by atoms with Crippen LogP contribution in [-0.4, -0.2) is 56.0 Å². The van der Waals surface area contributed by atoms with Crippen LogP contribution in [0.1, 0.15) is 5.69 Å². The Morgan fingerprint density at radius 2 is 1.83 bits per heavy atom. The van der Waals surface area contributed by atoms with Crippen LogP contribution >= 0.6 is 0 Å². The molecule has 2 aromatic carbocycles. The summed E-state index contributed by atoms with van der Waals surface area (Å²) in [4.78, 5) is 6.64. The summed E-state index contributed by atoms with van der Waals surface area (Å²) < 4.78 is 30.4. The van der Waals surface area contributed by atoms with Crippen molar-refractivity contribution >= 4 is 26.6 Å². The fourth-order valence-corrected chi connectivity index (χ4v) is 3.54. The van der Waals surface area contributed by atoms with E-state index in [0.717, 1.165) is 22.9 Å². The van der Waals surface area contributed by atoms with E-state index in [4.69, 9.17) is 4.74 Å². The minimum atomic E-state index is -3.31. The van der Waals surface area contributed by atoms with Crippen LogP contribution in [0.4, 0.5) is 5.69 Å². The van der Waals surface area contributed by atoms with Crippen molar-refractivity contribution in [2.45, 2.75) is 12.6 Å². The van der Waals surface area contributed by atoms with Gasteiger partial charge in [-0.15, -0.1) is 0 Å². The maximum Gasteiger partial charge on any atom is 0.229 e. The summed E-state index contributed by atoms with van der Waals surface area (Å²) in [5.74, 6) is 0.557. The molecule has 0 bridgehead atoms. The highest BCUT2D eigenvalue weighted by Gasteiger charge is 2.11. The van der Waals surface area contributed by atoms with Crippen LogP contribution in [-0.2, 0) is 16.6 Å². The van der Waals surface area contributed by atoms with Gasteiger partial charge in [-0.3, -0.25) is 14.6 Å². The molecule has 3 aromatic rings. The van der Waals surface area contributed by atoms with Crippen molar-refractivity contribution in [3.63, 3.8) is 0 Å². The molecule has 154 valence electrons. The SMILES string of the molecule is CN(Cc1ccc2ccccc2n1)C[C@@H](O)COc1ccc(NS(C)(=O)=O)cc1. The first-order valence-electron chi connectivity index (χ1n) is 9.20. The normalized spacial score (nSPS) is 12.8. The summed E-state index contributed by atoms with van der Waals surface area (Å²) >= 11 is 0. The number of benzene rings is 2. The molecule has 0 fully saturated rings. The average Bonchev–Trinajstić information content (AvgIpc) is 2.66. The van der Waals surface area contributed by atoms with Crippen molar-refractivity contribution in [1.82, 2.24) is 9.88 Å². The van der Waals surface area contributed by atoms with E-state index in [1.54, 1.807) is 24.3 Å². The van der Waals surface area contributed by atoms with Gasteiger partial charge in [-0.1, -0.05) is 24.3 Å². The number of aliphatic hydroxyl groups is 1. The van der Waals surface area contributed by atoms with Crippen molar-refractivity contribution in [1.29, 1.82) is 0 Å². The van der Waals surface area contributed by atoms with Crippen LogP contribution in [0.3, 0.4) is 0 Å². The van der Waals surface area contributed by atoms with Gasteiger partial charge in [-0.05, 0) is 43.4 Å². The van der Waals surface area contributed by atoms with Gasteiger partial charge >= 0.3 is 0 Å². The van der Waals surface area contributed by atoms with Crippen LogP contribution in [0, 0.1) is 0 Å². The number of para-hydroxylation sites is 1. The van der Waals surface area contributed by atoms with E-state index in [9.17, 15) is 13.5 Å². The summed E-state index contributed by atoms with van der Waals surface area (Å²) in [5, 5.41) is 11.4. The standard InChI is InChI=1S/C21H25N3O4S/c1-24(13-18-8-7-16-5-3-4-6-21(16)22-18)14-19(25)15-28-20-11-9-17(10-12-20)23-29(2,26)27/h3-12,19,23,25H,13-15H2,1-2H3/t19-/m1/s1. The molecule has 8 heteroatoms. The predicted molar refractivity (Wildman–Crippen MR) is 114 cm³/mol. The molecule has 1 aromatic heterocycles. The molecule has 0 saturated heterocycles. The average molecular weight is 416 g/mol. The molecule has 1 atom stereocenters. The molecule has 0 saturated carbocycles. The van der Waals surface area contributed by atoms with Gasteiger partial charge in [-0.2, -0.15) is 0 Å². The lowest BCUT2D eigenvalue weighted by Crippen LogP contribution is -2.33. The minimum absolute atomic E-state index is 0.133. The van der Waals surface area contributed by atoms with E-state index in [0.29, 0.717) is 24.5 Å². The highest BCUT2D eigenvalue weighted by atomic mass is 32.2. The van der Waals surface area contributed by atoms with Crippen molar-refractivity contribution in [2.24, 2.45) is 0 Å². The Kier molecular flexibility index (Phi) is 6.68. The number of rotatable bonds is 9. The number of aliphatic hydroxyl groups excluding tert-OH is 1. The number of ether oxygens (including phenoxy) is 1. The van der Waals surface area contributed by atoms with Crippen LogP contribution in [0.5, 0.6) is 5.75 Å². The Morgan fingerprint density at radius 3 is 2.55 bits per heavy atom. The molecule has 1 heterocycles. The molecular formula is C21H25N3O4S. The first kappa shape index (κ1) is 21.0. The van der Waals surface area contributed by atoms with Gasteiger partial charge in [0.1, 0.15) is 18.5 Å². The van der Waals surface area contributed by atoms with Crippen molar-refractivity contribution < 1.29 is 18.3 Å². The molecule has 3 rings (SSSR count). The molecule has 0 aliphatic heterocycles.